The van der Waals surface area contributed by atoms with Crippen molar-refractivity contribution in [3.8, 4) is 0 Å². The minimum Gasteiger partial charge on any atom is -0.395 e. The maximum atomic E-state index is 8.87. The van der Waals surface area contributed by atoms with Gasteiger partial charge in [-0.25, -0.2) is 0 Å². The average molecular weight is 264 g/mol. The van der Waals surface area contributed by atoms with Crippen molar-refractivity contribution in [2.45, 2.75) is 25.9 Å². The van der Waals surface area contributed by atoms with Crippen LogP contribution in [0.4, 0.5) is 0 Å². The minimum absolute atomic E-state index is 0.149. The lowest BCUT2D eigenvalue weighted by molar-refractivity contribution is 0.243. The smallest absolute Gasteiger partial charge is 0.0701 e. The third-order valence-corrected chi connectivity index (χ3v) is 3.64. The van der Waals surface area contributed by atoms with Gasteiger partial charge in [-0.05, 0) is 41.9 Å². The number of thiophene rings is 1. The molecule has 13 heavy (non-hydrogen) atoms. The first-order chi connectivity index (χ1) is 6.13. The largest absolute Gasteiger partial charge is 0.395 e. The molecule has 1 aromatic rings. The Morgan fingerprint density at radius 3 is 2.69 bits per heavy atom. The highest BCUT2D eigenvalue weighted by molar-refractivity contribution is 9.11. The molecule has 74 valence electrons. The van der Waals surface area contributed by atoms with Crippen LogP contribution in [0.25, 0.3) is 0 Å². The van der Waals surface area contributed by atoms with Crippen LogP contribution in [-0.2, 0) is 0 Å². The van der Waals surface area contributed by atoms with Crippen LogP contribution < -0.4 is 5.32 Å². The first-order valence-corrected chi connectivity index (χ1v) is 5.86. The van der Waals surface area contributed by atoms with Gasteiger partial charge in [-0.2, -0.15) is 0 Å². The molecule has 0 aliphatic rings. The minimum atomic E-state index is 0.149. The highest BCUT2D eigenvalue weighted by atomic mass is 79.9. The summed E-state index contributed by atoms with van der Waals surface area (Å²) in [7, 11) is 0. The van der Waals surface area contributed by atoms with Crippen LogP contribution in [0.1, 0.15) is 24.8 Å². The molecule has 4 heteroatoms. The average Bonchev–Trinajstić information content (AvgIpc) is 2.51. The Hall–Kier alpha value is 0.1000. The molecule has 0 amide bonds. The molecule has 1 rings (SSSR count). The standard InChI is InChI=1S/C9H14BrNOS/c1-6(5-12)11-7(2)8-3-4-9(10)13-8/h3-4,6-7,11-12H,5H2,1-2H3/t6-,7-/m1/s1. The molecule has 2 atom stereocenters. The molecule has 2 nitrogen and oxygen atoms in total. The van der Waals surface area contributed by atoms with Crippen molar-refractivity contribution < 1.29 is 5.11 Å². The second-order valence-corrected chi connectivity index (χ2v) is 5.61. The lowest BCUT2D eigenvalue weighted by atomic mass is 10.2. The Morgan fingerprint density at radius 1 is 1.54 bits per heavy atom. The Balaban J connectivity index is 2.53. The summed E-state index contributed by atoms with van der Waals surface area (Å²) in [5, 5.41) is 12.2. The molecule has 0 unspecified atom stereocenters. The van der Waals surface area contributed by atoms with E-state index in [0.717, 1.165) is 3.79 Å². The highest BCUT2D eigenvalue weighted by Crippen LogP contribution is 2.27. The predicted molar refractivity (Wildman–Crippen MR) is 60.1 cm³/mol. The molecule has 0 aliphatic carbocycles. The monoisotopic (exact) mass is 263 g/mol. The zero-order valence-corrected chi connectivity index (χ0v) is 10.2. The molecule has 1 heterocycles. The number of hydrogen-bond acceptors (Lipinski definition) is 3. The van der Waals surface area contributed by atoms with Crippen LogP contribution in [-0.4, -0.2) is 17.8 Å². The second-order valence-electron chi connectivity index (χ2n) is 3.11. The van der Waals surface area contributed by atoms with Crippen molar-refractivity contribution in [3.05, 3.63) is 20.8 Å². The molecule has 0 bridgehead atoms. The van der Waals surface area contributed by atoms with Gasteiger partial charge in [0, 0.05) is 17.0 Å². The van der Waals surface area contributed by atoms with Crippen molar-refractivity contribution in [1.82, 2.24) is 5.32 Å². The van der Waals surface area contributed by atoms with Gasteiger partial charge < -0.3 is 10.4 Å². The van der Waals surface area contributed by atoms with Crippen molar-refractivity contribution in [1.29, 1.82) is 0 Å². The third kappa shape index (κ3) is 3.38. The summed E-state index contributed by atoms with van der Waals surface area (Å²) >= 11 is 5.15. The summed E-state index contributed by atoms with van der Waals surface area (Å²) in [5.41, 5.74) is 0. The zero-order chi connectivity index (χ0) is 9.84. The van der Waals surface area contributed by atoms with E-state index in [2.05, 4.69) is 34.2 Å². The zero-order valence-electron chi connectivity index (χ0n) is 7.75. The Morgan fingerprint density at radius 2 is 2.23 bits per heavy atom. The summed E-state index contributed by atoms with van der Waals surface area (Å²) in [5.74, 6) is 0. The van der Waals surface area contributed by atoms with Gasteiger partial charge >= 0.3 is 0 Å². The molecule has 0 aromatic carbocycles. The van der Waals surface area contributed by atoms with Gasteiger partial charge in [-0.15, -0.1) is 11.3 Å². The lowest BCUT2D eigenvalue weighted by Gasteiger charge is -2.16. The fourth-order valence-electron chi connectivity index (χ4n) is 1.12. The van der Waals surface area contributed by atoms with Crippen LogP contribution in [0.3, 0.4) is 0 Å². The van der Waals surface area contributed by atoms with E-state index < -0.39 is 0 Å². The maximum absolute atomic E-state index is 8.87. The van der Waals surface area contributed by atoms with Crippen molar-refractivity contribution in [2.24, 2.45) is 0 Å². The van der Waals surface area contributed by atoms with E-state index in [0.29, 0.717) is 6.04 Å². The van der Waals surface area contributed by atoms with E-state index in [4.69, 9.17) is 5.11 Å². The molecule has 0 saturated carbocycles. The van der Waals surface area contributed by atoms with E-state index in [-0.39, 0.29) is 12.6 Å². The Labute approximate surface area is 91.1 Å². The number of hydrogen-bond donors (Lipinski definition) is 2. The van der Waals surface area contributed by atoms with E-state index in [1.165, 1.54) is 4.88 Å². The molecule has 0 radical (unpaired) electrons. The van der Waals surface area contributed by atoms with E-state index >= 15 is 0 Å². The molecule has 2 N–H and O–H groups in total. The van der Waals surface area contributed by atoms with Crippen LogP contribution in [0, 0.1) is 0 Å². The van der Waals surface area contributed by atoms with E-state index in [1.807, 2.05) is 13.0 Å². The fourth-order valence-corrected chi connectivity index (χ4v) is 2.56. The summed E-state index contributed by atoms with van der Waals surface area (Å²) < 4.78 is 1.15. The van der Waals surface area contributed by atoms with Gasteiger partial charge in [0.25, 0.3) is 0 Å². The van der Waals surface area contributed by atoms with Crippen molar-refractivity contribution >= 4 is 27.3 Å². The highest BCUT2D eigenvalue weighted by Gasteiger charge is 2.10. The molecule has 0 spiro atoms. The third-order valence-electron chi connectivity index (χ3n) is 1.83. The normalized spacial score (nSPS) is 15.7. The van der Waals surface area contributed by atoms with E-state index in [9.17, 15) is 0 Å². The molecule has 0 fully saturated rings. The van der Waals surface area contributed by atoms with Crippen LogP contribution in [0.15, 0.2) is 15.9 Å². The van der Waals surface area contributed by atoms with Gasteiger partial charge in [0.2, 0.25) is 0 Å². The summed E-state index contributed by atoms with van der Waals surface area (Å²) in [6, 6.07) is 4.59. The van der Waals surface area contributed by atoms with Crippen LogP contribution >= 0.6 is 27.3 Å². The number of aliphatic hydroxyl groups excluding tert-OH is 1. The van der Waals surface area contributed by atoms with Crippen LogP contribution in [0.5, 0.6) is 0 Å². The number of nitrogens with one attached hydrogen (secondary N) is 1. The molecular weight excluding hydrogens is 250 g/mol. The maximum Gasteiger partial charge on any atom is 0.0701 e. The van der Waals surface area contributed by atoms with Gasteiger partial charge in [0.05, 0.1) is 10.4 Å². The Kier molecular flexibility index (Phi) is 4.38. The molecule has 0 saturated heterocycles. The SMILES string of the molecule is C[C@H](CO)N[C@H](C)c1ccc(Br)s1. The lowest BCUT2D eigenvalue weighted by Crippen LogP contribution is -2.31. The number of aliphatic hydroxyl groups is 1. The number of halogens is 1. The second kappa shape index (κ2) is 5.10. The first kappa shape index (κ1) is 11.2. The number of rotatable bonds is 4. The summed E-state index contributed by atoms with van der Waals surface area (Å²) in [6.07, 6.45) is 0. The summed E-state index contributed by atoms with van der Waals surface area (Å²) in [6.45, 7) is 4.25. The first-order valence-electron chi connectivity index (χ1n) is 4.25. The van der Waals surface area contributed by atoms with E-state index in [1.54, 1.807) is 11.3 Å². The van der Waals surface area contributed by atoms with Gasteiger partial charge in [-0.3, -0.25) is 0 Å². The summed E-state index contributed by atoms with van der Waals surface area (Å²) in [4.78, 5) is 1.28. The van der Waals surface area contributed by atoms with Crippen molar-refractivity contribution in [3.63, 3.8) is 0 Å². The predicted octanol–water partition coefficient (Wildman–Crippen LogP) is 2.54. The molecular formula is C9H14BrNOS. The Bertz CT molecular complexity index is 264. The van der Waals surface area contributed by atoms with Gasteiger partial charge in [0.1, 0.15) is 0 Å². The van der Waals surface area contributed by atoms with Crippen LogP contribution in [0.2, 0.25) is 0 Å². The van der Waals surface area contributed by atoms with Crippen molar-refractivity contribution in [2.75, 3.05) is 6.61 Å². The van der Waals surface area contributed by atoms with Gasteiger partial charge in [-0.1, -0.05) is 0 Å². The fraction of sp³-hybridized carbons (Fsp3) is 0.556. The molecule has 1 aromatic heterocycles. The molecule has 0 aliphatic heterocycles. The van der Waals surface area contributed by atoms with Gasteiger partial charge in [0.15, 0.2) is 0 Å². The quantitative estimate of drug-likeness (QED) is 0.876. The topological polar surface area (TPSA) is 32.3 Å².